The zero-order valence-corrected chi connectivity index (χ0v) is 14.6. The maximum Gasteiger partial charge on any atom is 0.231 e. The zero-order valence-electron chi connectivity index (χ0n) is 14.6. The Morgan fingerprint density at radius 3 is 2.73 bits per heavy atom. The van der Waals surface area contributed by atoms with Gasteiger partial charge in [0, 0.05) is 26.3 Å². The van der Waals surface area contributed by atoms with Gasteiger partial charge in [0.05, 0.1) is 0 Å². The number of nitrogens with one attached hydrogen (secondary N) is 1. The number of hydrogen-bond acceptors (Lipinski definition) is 6. The average molecular weight is 348 g/mol. The van der Waals surface area contributed by atoms with E-state index in [1.54, 1.807) is 6.20 Å². The number of ether oxygens (including phenoxy) is 2. The first-order valence-corrected chi connectivity index (χ1v) is 8.48. The van der Waals surface area contributed by atoms with Crippen molar-refractivity contribution < 1.29 is 9.47 Å². The quantitative estimate of drug-likeness (QED) is 0.736. The van der Waals surface area contributed by atoms with Crippen molar-refractivity contribution >= 4 is 11.8 Å². The van der Waals surface area contributed by atoms with Crippen molar-refractivity contribution in [3.63, 3.8) is 0 Å². The summed E-state index contributed by atoms with van der Waals surface area (Å²) in [4.78, 5) is 11.0. The van der Waals surface area contributed by atoms with Crippen molar-refractivity contribution in [2.45, 2.75) is 13.1 Å². The Kier molecular flexibility index (Phi) is 4.55. The predicted octanol–water partition coefficient (Wildman–Crippen LogP) is 3.45. The summed E-state index contributed by atoms with van der Waals surface area (Å²) in [6.45, 7) is 1.69. The van der Waals surface area contributed by atoms with E-state index in [-0.39, 0.29) is 6.79 Å². The van der Waals surface area contributed by atoms with E-state index in [4.69, 9.17) is 9.47 Å². The largest absolute Gasteiger partial charge is 0.454 e. The normalized spacial score (nSPS) is 12.0. The minimum Gasteiger partial charge on any atom is -0.454 e. The van der Waals surface area contributed by atoms with Crippen molar-refractivity contribution in [2.75, 3.05) is 24.1 Å². The van der Waals surface area contributed by atoms with Crippen LogP contribution in [0.15, 0.2) is 60.8 Å². The van der Waals surface area contributed by atoms with Crippen LogP contribution >= 0.6 is 0 Å². The summed E-state index contributed by atoms with van der Waals surface area (Å²) in [5, 5.41) is 3.27. The molecule has 6 heteroatoms. The van der Waals surface area contributed by atoms with Crippen LogP contribution in [-0.2, 0) is 13.1 Å². The molecule has 0 spiro atoms. The Balaban J connectivity index is 1.41. The van der Waals surface area contributed by atoms with Crippen LogP contribution in [0.25, 0.3) is 0 Å². The molecule has 26 heavy (non-hydrogen) atoms. The first-order chi connectivity index (χ1) is 12.8. The summed E-state index contributed by atoms with van der Waals surface area (Å²) in [5.41, 5.74) is 2.32. The van der Waals surface area contributed by atoms with Crippen molar-refractivity contribution in [2.24, 2.45) is 0 Å². The van der Waals surface area contributed by atoms with Gasteiger partial charge in [0.15, 0.2) is 11.5 Å². The highest BCUT2D eigenvalue weighted by Gasteiger charge is 2.13. The Labute approximate surface area is 152 Å². The van der Waals surface area contributed by atoms with Crippen LogP contribution in [0.1, 0.15) is 11.1 Å². The van der Waals surface area contributed by atoms with Gasteiger partial charge in [0.25, 0.3) is 0 Å². The van der Waals surface area contributed by atoms with Crippen LogP contribution < -0.4 is 19.7 Å². The smallest absolute Gasteiger partial charge is 0.231 e. The number of nitrogens with zero attached hydrogens (tertiary/aromatic N) is 3. The molecule has 0 unspecified atom stereocenters. The van der Waals surface area contributed by atoms with E-state index in [1.807, 2.05) is 49.5 Å². The fourth-order valence-corrected chi connectivity index (χ4v) is 2.82. The molecular formula is C20H20N4O2. The van der Waals surface area contributed by atoms with Gasteiger partial charge in [-0.25, -0.2) is 4.98 Å². The summed E-state index contributed by atoms with van der Waals surface area (Å²) in [6.07, 6.45) is 1.77. The molecule has 0 fully saturated rings. The first kappa shape index (κ1) is 16.2. The van der Waals surface area contributed by atoms with E-state index in [1.165, 1.54) is 5.56 Å². The second-order valence-electron chi connectivity index (χ2n) is 6.12. The van der Waals surface area contributed by atoms with Crippen molar-refractivity contribution in [3.05, 3.63) is 71.9 Å². The molecule has 3 aromatic rings. The third kappa shape index (κ3) is 3.69. The van der Waals surface area contributed by atoms with Gasteiger partial charge in [-0.15, -0.1) is 0 Å². The van der Waals surface area contributed by atoms with Crippen molar-refractivity contribution in [3.8, 4) is 11.5 Å². The monoisotopic (exact) mass is 348 g/mol. The van der Waals surface area contributed by atoms with Gasteiger partial charge in [-0.3, -0.25) is 0 Å². The molecule has 2 heterocycles. The van der Waals surface area contributed by atoms with Crippen LogP contribution in [0, 0.1) is 0 Å². The van der Waals surface area contributed by atoms with Crippen LogP contribution in [0.5, 0.6) is 11.5 Å². The van der Waals surface area contributed by atoms with Gasteiger partial charge in [-0.2, -0.15) is 4.98 Å². The van der Waals surface area contributed by atoms with Gasteiger partial charge in [-0.05, 0) is 29.3 Å². The lowest BCUT2D eigenvalue weighted by molar-refractivity contribution is 0.174. The zero-order chi connectivity index (χ0) is 17.8. The summed E-state index contributed by atoms with van der Waals surface area (Å²) in [5.74, 6) is 3.04. The van der Waals surface area contributed by atoms with Crippen LogP contribution in [0.4, 0.5) is 11.8 Å². The van der Waals surface area contributed by atoms with Gasteiger partial charge in [0.2, 0.25) is 12.7 Å². The highest BCUT2D eigenvalue weighted by atomic mass is 16.7. The molecule has 1 aromatic heterocycles. The molecule has 0 amide bonds. The molecule has 4 rings (SSSR count). The fourth-order valence-electron chi connectivity index (χ4n) is 2.82. The lowest BCUT2D eigenvalue weighted by Crippen LogP contribution is -2.18. The summed E-state index contributed by atoms with van der Waals surface area (Å²) < 4.78 is 10.7. The van der Waals surface area contributed by atoms with Crippen LogP contribution in [0.3, 0.4) is 0 Å². The topological polar surface area (TPSA) is 59.5 Å². The second-order valence-corrected chi connectivity index (χ2v) is 6.12. The predicted molar refractivity (Wildman–Crippen MR) is 100 cm³/mol. The Hall–Kier alpha value is -3.28. The molecule has 1 aliphatic rings. The molecule has 2 aromatic carbocycles. The average Bonchev–Trinajstić information content (AvgIpc) is 3.15. The third-order valence-corrected chi connectivity index (χ3v) is 4.18. The molecule has 0 saturated heterocycles. The molecule has 0 aliphatic carbocycles. The standard InChI is InChI=1S/C20H20N4O2/c1-24(13-15-5-3-2-4-6-15)19-9-10-21-20(23-19)22-12-16-7-8-17-18(11-16)26-14-25-17/h2-11H,12-14H2,1H3,(H,21,22,23). The number of benzene rings is 2. The number of aromatic nitrogens is 2. The minimum atomic E-state index is 0.283. The van der Waals surface area contributed by atoms with E-state index in [9.17, 15) is 0 Å². The van der Waals surface area contributed by atoms with E-state index < -0.39 is 0 Å². The molecule has 0 bridgehead atoms. The van der Waals surface area contributed by atoms with Crippen LogP contribution in [-0.4, -0.2) is 23.8 Å². The summed E-state index contributed by atoms with van der Waals surface area (Å²) >= 11 is 0. The molecule has 0 radical (unpaired) electrons. The number of rotatable bonds is 6. The van der Waals surface area contributed by atoms with Gasteiger partial charge < -0.3 is 19.7 Å². The summed E-state index contributed by atoms with van der Waals surface area (Å²) in [6, 6.07) is 18.1. The van der Waals surface area contributed by atoms with E-state index >= 15 is 0 Å². The van der Waals surface area contributed by atoms with Crippen molar-refractivity contribution in [1.82, 2.24) is 9.97 Å². The highest BCUT2D eigenvalue weighted by Crippen LogP contribution is 2.32. The summed E-state index contributed by atoms with van der Waals surface area (Å²) in [7, 11) is 2.02. The van der Waals surface area contributed by atoms with E-state index in [2.05, 4.69) is 32.3 Å². The fraction of sp³-hybridized carbons (Fsp3) is 0.200. The van der Waals surface area contributed by atoms with Crippen LogP contribution in [0.2, 0.25) is 0 Å². The molecule has 132 valence electrons. The molecule has 6 nitrogen and oxygen atoms in total. The first-order valence-electron chi connectivity index (χ1n) is 8.48. The van der Waals surface area contributed by atoms with Gasteiger partial charge >= 0.3 is 0 Å². The molecular weight excluding hydrogens is 328 g/mol. The molecule has 0 saturated carbocycles. The minimum absolute atomic E-state index is 0.283. The van der Waals surface area contributed by atoms with Crippen molar-refractivity contribution in [1.29, 1.82) is 0 Å². The lowest BCUT2D eigenvalue weighted by atomic mass is 10.2. The van der Waals surface area contributed by atoms with E-state index in [0.717, 1.165) is 29.4 Å². The number of fused-ring (bicyclic) bond motifs is 1. The van der Waals surface area contributed by atoms with E-state index in [0.29, 0.717) is 12.5 Å². The SMILES string of the molecule is CN(Cc1ccccc1)c1ccnc(NCc2ccc3c(c2)OCO3)n1. The Bertz CT molecular complexity index is 886. The maximum atomic E-state index is 5.41. The Morgan fingerprint density at radius 1 is 1.00 bits per heavy atom. The Morgan fingerprint density at radius 2 is 1.85 bits per heavy atom. The maximum absolute atomic E-state index is 5.41. The second kappa shape index (κ2) is 7.31. The van der Waals surface area contributed by atoms with Gasteiger partial charge in [0.1, 0.15) is 5.82 Å². The molecule has 1 aliphatic heterocycles. The van der Waals surface area contributed by atoms with Gasteiger partial charge in [-0.1, -0.05) is 36.4 Å². The lowest BCUT2D eigenvalue weighted by Gasteiger charge is -2.18. The highest BCUT2D eigenvalue weighted by molar-refractivity contribution is 5.46. The number of anilines is 2. The third-order valence-electron chi connectivity index (χ3n) is 4.18. The molecule has 0 atom stereocenters. The molecule has 1 N–H and O–H groups in total. The number of hydrogen-bond donors (Lipinski definition) is 1.